The topological polar surface area (TPSA) is 75.3 Å². The minimum Gasteiger partial charge on any atom is -0.326 e. The highest BCUT2D eigenvalue weighted by atomic mass is 32.2. The minimum absolute atomic E-state index is 0.132. The van der Waals surface area contributed by atoms with Gasteiger partial charge in [-0.3, -0.25) is 4.79 Å². The third-order valence-electron chi connectivity index (χ3n) is 4.32. The standard InChI is InChI=1S/C17H25FN2O3S/c1-17(2,3)24(22,23)20-14-9-7-12(8-10-14)16(21)19-15-6-4-5-13(18)11-15/h4-6,11-12,14,20H,7-10H2,1-3H3,(H,19,21)/t12-,14-. The molecule has 0 radical (unpaired) electrons. The Hall–Kier alpha value is -1.47. The molecule has 0 saturated heterocycles. The van der Waals surface area contributed by atoms with Gasteiger partial charge in [-0.25, -0.2) is 17.5 Å². The molecule has 1 amide bonds. The zero-order valence-electron chi connectivity index (χ0n) is 14.3. The van der Waals surface area contributed by atoms with E-state index < -0.39 is 20.6 Å². The van der Waals surface area contributed by atoms with Crippen LogP contribution in [0.5, 0.6) is 0 Å². The molecule has 5 nitrogen and oxygen atoms in total. The van der Waals surface area contributed by atoms with E-state index in [1.54, 1.807) is 32.9 Å². The van der Waals surface area contributed by atoms with E-state index in [1.807, 2.05) is 0 Å². The van der Waals surface area contributed by atoms with Crippen LogP contribution in [-0.4, -0.2) is 25.1 Å². The summed E-state index contributed by atoms with van der Waals surface area (Å²) in [7, 11) is -3.38. The van der Waals surface area contributed by atoms with Crippen molar-refractivity contribution in [3.63, 3.8) is 0 Å². The van der Waals surface area contributed by atoms with E-state index in [9.17, 15) is 17.6 Å². The SMILES string of the molecule is CC(C)(C)S(=O)(=O)N[C@H]1CC[C@H](C(=O)Nc2cccc(F)c2)CC1. The second-order valence-corrected chi connectivity index (χ2v) is 9.75. The summed E-state index contributed by atoms with van der Waals surface area (Å²) in [6.45, 7) is 4.98. The molecule has 0 aliphatic heterocycles. The van der Waals surface area contributed by atoms with Crippen LogP contribution in [0.15, 0.2) is 24.3 Å². The molecule has 1 aromatic rings. The number of hydrogen-bond acceptors (Lipinski definition) is 3. The van der Waals surface area contributed by atoms with Gasteiger partial charge in [0.2, 0.25) is 15.9 Å². The normalized spacial score (nSPS) is 22.2. The number of sulfonamides is 1. The summed E-state index contributed by atoms with van der Waals surface area (Å²) in [5.41, 5.74) is 0.440. The molecule has 0 atom stereocenters. The first-order valence-electron chi connectivity index (χ1n) is 8.17. The molecular formula is C17H25FN2O3S. The van der Waals surface area contributed by atoms with Gasteiger partial charge in [0.25, 0.3) is 0 Å². The molecule has 1 aliphatic carbocycles. The Labute approximate surface area is 143 Å². The maximum atomic E-state index is 13.1. The molecule has 0 unspecified atom stereocenters. The number of hydrogen-bond donors (Lipinski definition) is 2. The van der Waals surface area contributed by atoms with Gasteiger partial charge in [-0.05, 0) is 64.7 Å². The van der Waals surface area contributed by atoms with E-state index >= 15 is 0 Å². The second kappa shape index (κ2) is 7.19. The molecule has 134 valence electrons. The van der Waals surface area contributed by atoms with Gasteiger partial charge in [0.15, 0.2) is 0 Å². The fourth-order valence-corrected chi connectivity index (χ4v) is 3.71. The Morgan fingerprint density at radius 1 is 1.17 bits per heavy atom. The first-order chi connectivity index (χ1) is 11.1. The molecule has 7 heteroatoms. The number of carbonyl (C=O) groups is 1. The average Bonchev–Trinajstić information content (AvgIpc) is 2.46. The Kier molecular flexibility index (Phi) is 5.65. The van der Waals surface area contributed by atoms with Crippen LogP contribution >= 0.6 is 0 Å². The Morgan fingerprint density at radius 2 is 1.79 bits per heavy atom. The summed E-state index contributed by atoms with van der Waals surface area (Å²) in [5, 5.41) is 2.72. The Balaban J connectivity index is 1.87. The van der Waals surface area contributed by atoms with Crippen LogP contribution in [0.4, 0.5) is 10.1 Å². The summed E-state index contributed by atoms with van der Waals surface area (Å²) in [6, 6.07) is 5.66. The molecule has 2 N–H and O–H groups in total. The molecule has 0 heterocycles. The van der Waals surface area contributed by atoms with E-state index in [0.717, 1.165) is 0 Å². The van der Waals surface area contributed by atoms with Crippen molar-refractivity contribution >= 4 is 21.6 Å². The minimum atomic E-state index is -3.38. The van der Waals surface area contributed by atoms with E-state index in [0.29, 0.717) is 31.4 Å². The molecule has 1 aromatic carbocycles. The first kappa shape index (κ1) is 18.9. The van der Waals surface area contributed by atoms with Crippen molar-refractivity contribution in [2.45, 2.75) is 57.2 Å². The molecule has 1 fully saturated rings. The van der Waals surface area contributed by atoms with Crippen LogP contribution in [0.3, 0.4) is 0 Å². The monoisotopic (exact) mass is 356 g/mol. The van der Waals surface area contributed by atoms with Gasteiger partial charge in [-0.15, -0.1) is 0 Å². The number of carbonyl (C=O) groups excluding carboxylic acids is 1. The third kappa shape index (κ3) is 4.77. The first-order valence-corrected chi connectivity index (χ1v) is 9.65. The number of anilines is 1. The lowest BCUT2D eigenvalue weighted by Crippen LogP contribution is -2.46. The molecule has 0 bridgehead atoms. The van der Waals surface area contributed by atoms with E-state index in [4.69, 9.17) is 0 Å². The van der Waals surface area contributed by atoms with Crippen LogP contribution in [0.25, 0.3) is 0 Å². The number of halogens is 1. The van der Waals surface area contributed by atoms with Gasteiger partial charge < -0.3 is 5.32 Å². The lowest BCUT2D eigenvalue weighted by Gasteiger charge is -2.30. The number of benzene rings is 1. The number of rotatable bonds is 4. The largest absolute Gasteiger partial charge is 0.326 e. The van der Waals surface area contributed by atoms with Crippen LogP contribution < -0.4 is 10.0 Å². The van der Waals surface area contributed by atoms with Gasteiger partial charge in [0.1, 0.15) is 5.82 Å². The van der Waals surface area contributed by atoms with Crippen LogP contribution in [0, 0.1) is 11.7 Å². The molecule has 2 rings (SSSR count). The van der Waals surface area contributed by atoms with Crippen molar-refractivity contribution in [1.29, 1.82) is 0 Å². The Morgan fingerprint density at radius 3 is 2.33 bits per heavy atom. The van der Waals surface area contributed by atoms with Crippen molar-refractivity contribution in [3.05, 3.63) is 30.1 Å². The van der Waals surface area contributed by atoms with E-state index in [-0.39, 0.29) is 17.9 Å². The van der Waals surface area contributed by atoms with Crippen molar-refractivity contribution in [2.24, 2.45) is 5.92 Å². The average molecular weight is 356 g/mol. The molecule has 1 aliphatic rings. The molecule has 0 aromatic heterocycles. The maximum absolute atomic E-state index is 13.1. The van der Waals surface area contributed by atoms with Crippen LogP contribution in [0.2, 0.25) is 0 Å². The molecule has 1 saturated carbocycles. The van der Waals surface area contributed by atoms with E-state index in [2.05, 4.69) is 10.0 Å². The van der Waals surface area contributed by atoms with Crippen LogP contribution in [-0.2, 0) is 14.8 Å². The van der Waals surface area contributed by atoms with Gasteiger partial charge in [-0.1, -0.05) is 6.07 Å². The molecular weight excluding hydrogens is 331 g/mol. The highest BCUT2D eigenvalue weighted by molar-refractivity contribution is 7.90. The molecule has 24 heavy (non-hydrogen) atoms. The van der Waals surface area contributed by atoms with Crippen LogP contribution in [0.1, 0.15) is 46.5 Å². The Bertz CT molecular complexity index is 690. The van der Waals surface area contributed by atoms with Gasteiger partial charge in [-0.2, -0.15) is 0 Å². The second-order valence-electron chi connectivity index (χ2n) is 7.28. The summed E-state index contributed by atoms with van der Waals surface area (Å²) in [6.07, 6.45) is 2.46. The summed E-state index contributed by atoms with van der Waals surface area (Å²) in [4.78, 5) is 12.3. The summed E-state index contributed by atoms with van der Waals surface area (Å²) in [5.74, 6) is -0.713. The quantitative estimate of drug-likeness (QED) is 0.871. The predicted octanol–water partition coefficient (Wildman–Crippen LogP) is 3.04. The smallest absolute Gasteiger partial charge is 0.227 e. The van der Waals surface area contributed by atoms with Crippen molar-refractivity contribution in [1.82, 2.24) is 4.72 Å². The van der Waals surface area contributed by atoms with Crippen molar-refractivity contribution in [2.75, 3.05) is 5.32 Å². The van der Waals surface area contributed by atoms with E-state index in [1.165, 1.54) is 12.1 Å². The highest BCUT2D eigenvalue weighted by Gasteiger charge is 2.34. The fourth-order valence-electron chi connectivity index (χ4n) is 2.68. The summed E-state index contributed by atoms with van der Waals surface area (Å²) >= 11 is 0. The number of amides is 1. The molecule has 0 spiro atoms. The zero-order chi connectivity index (χ0) is 18.0. The lowest BCUT2D eigenvalue weighted by atomic mass is 9.86. The zero-order valence-corrected chi connectivity index (χ0v) is 15.1. The number of nitrogens with one attached hydrogen (secondary N) is 2. The predicted molar refractivity (Wildman–Crippen MR) is 92.6 cm³/mol. The fraction of sp³-hybridized carbons (Fsp3) is 0.588. The highest BCUT2D eigenvalue weighted by Crippen LogP contribution is 2.27. The lowest BCUT2D eigenvalue weighted by molar-refractivity contribution is -0.120. The third-order valence-corrected chi connectivity index (χ3v) is 6.57. The maximum Gasteiger partial charge on any atom is 0.227 e. The van der Waals surface area contributed by atoms with Gasteiger partial charge in [0.05, 0.1) is 4.75 Å². The van der Waals surface area contributed by atoms with Crippen molar-refractivity contribution in [3.8, 4) is 0 Å². The van der Waals surface area contributed by atoms with Crippen molar-refractivity contribution < 1.29 is 17.6 Å². The summed E-state index contributed by atoms with van der Waals surface area (Å²) < 4.78 is 39.4. The van der Waals surface area contributed by atoms with Gasteiger partial charge >= 0.3 is 0 Å². The van der Waals surface area contributed by atoms with Gasteiger partial charge in [0, 0.05) is 17.6 Å².